The number of benzene rings is 5. The lowest BCUT2D eigenvalue weighted by atomic mass is 9.64. The standard InChI is InChI=1S/C36H23NS2/c1-2-10-24(11-3-1)25-17-19-29-34(22-25)39-35-23-26(31-14-8-9-21-37-31)18-20-30(35)36(29)27-12-4-6-15-32(27)38-33-16-7-5-13-28(33)36/h1-23H. The zero-order chi connectivity index (χ0) is 25.8. The van der Waals surface area contributed by atoms with E-state index in [1.807, 2.05) is 35.8 Å². The molecule has 6 aromatic rings. The summed E-state index contributed by atoms with van der Waals surface area (Å²) < 4.78 is 0. The highest BCUT2D eigenvalue weighted by Crippen LogP contribution is 2.62. The number of pyridine rings is 1. The van der Waals surface area contributed by atoms with E-state index in [-0.39, 0.29) is 0 Å². The van der Waals surface area contributed by atoms with Gasteiger partial charge in [0.1, 0.15) is 0 Å². The van der Waals surface area contributed by atoms with Crippen LogP contribution in [-0.4, -0.2) is 4.98 Å². The molecular formula is C36H23NS2. The minimum Gasteiger partial charge on any atom is -0.256 e. The molecule has 0 radical (unpaired) electrons. The van der Waals surface area contributed by atoms with Gasteiger partial charge in [0.05, 0.1) is 11.1 Å². The van der Waals surface area contributed by atoms with Gasteiger partial charge in [0, 0.05) is 31.3 Å². The van der Waals surface area contributed by atoms with E-state index < -0.39 is 5.41 Å². The molecule has 2 aliphatic heterocycles. The number of aromatic nitrogens is 1. The number of rotatable bonds is 2. The van der Waals surface area contributed by atoms with Gasteiger partial charge in [0.15, 0.2) is 0 Å². The minimum absolute atomic E-state index is 0.397. The summed E-state index contributed by atoms with van der Waals surface area (Å²) in [5, 5.41) is 0. The summed E-state index contributed by atoms with van der Waals surface area (Å²) in [6, 6.07) is 48.8. The van der Waals surface area contributed by atoms with Gasteiger partial charge in [-0.1, -0.05) is 121 Å². The first kappa shape index (κ1) is 22.9. The Morgan fingerprint density at radius 1 is 0.410 bits per heavy atom. The molecule has 2 aliphatic rings. The third-order valence-corrected chi connectivity index (χ3v) is 10.1. The summed E-state index contributed by atoms with van der Waals surface area (Å²) in [4.78, 5) is 9.89. The fourth-order valence-electron chi connectivity index (χ4n) is 6.17. The second-order valence-corrected chi connectivity index (χ2v) is 12.1. The highest BCUT2D eigenvalue weighted by Gasteiger charge is 2.48. The second kappa shape index (κ2) is 9.01. The Hall–Kier alpha value is -4.05. The molecule has 0 bridgehead atoms. The maximum atomic E-state index is 4.66. The van der Waals surface area contributed by atoms with E-state index >= 15 is 0 Å². The third kappa shape index (κ3) is 3.47. The average molecular weight is 534 g/mol. The van der Waals surface area contributed by atoms with E-state index in [4.69, 9.17) is 0 Å². The molecule has 1 nitrogen and oxygen atoms in total. The lowest BCUT2D eigenvalue weighted by molar-refractivity contribution is 0.667. The quantitative estimate of drug-likeness (QED) is 0.219. The van der Waals surface area contributed by atoms with Crippen molar-refractivity contribution in [1.82, 2.24) is 4.98 Å². The van der Waals surface area contributed by atoms with Crippen molar-refractivity contribution in [3.8, 4) is 22.4 Å². The number of fused-ring (bicyclic) bond motifs is 8. The summed E-state index contributed by atoms with van der Waals surface area (Å²) in [5.41, 5.74) is 9.63. The lowest BCUT2D eigenvalue weighted by Gasteiger charge is -2.45. The van der Waals surface area contributed by atoms with Gasteiger partial charge in [-0.25, -0.2) is 0 Å². The molecular weight excluding hydrogens is 511 g/mol. The van der Waals surface area contributed by atoms with Gasteiger partial charge in [-0.2, -0.15) is 0 Å². The zero-order valence-electron chi connectivity index (χ0n) is 21.0. The fraction of sp³-hybridized carbons (Fsp3) is 0.0278. The van der Waals surface area contributed by atoms with Crippen LogP contribution < -0.4 is 0 Å². The van der Waals surface area contributed by atoms with E-state index in [2.05, 4.69) is 132 Å². The van der Waals surface area contributed by atoms with Crippen molar-refractivity contribution in [3.63, 3.8) is 0 Å². The molecule has 0 N–H and O–H groups in total. The summed E-state index contributed by atoms with van der Waals surface area (Å²) in [5.74, 6) is 0. The van der Waals surface area contributed by atoms with Gasteiger partial charge >= 0.3 is 0 Å². The SMILES string of the molecule is c1ccc(-c2ccc3c(c2)Sc2cc(-c4ccccn4)ccc2C32c3ccccc3Sc3ccccc32)cc1. The molecule has 5 aromatic carbocycles. The van der Waals surface area contributed by atoms with Crippen LogP contribution in [0.4, 0.5) is 0 Å². The second-order valence-electron chi connectivity index (χ2n) is 9.95. The predicted molar refractivity (Wildman–Crippen MR) is 162 cm³/mol. The van der Waals surface area contributed by atoms with E-state index in [9.17, 15) is 0 Å². The molecule has 3 heteroatoms. The monoisotopic (exact) mass is 533 g/mol. The Morgan fingerprint density at radius 2 is 0.949 bits per heavy atom. The van der Waals surface area contributed by atoms with Gasteiger partial charge in [-0.05, 0) is 69.8 Å². The summed E-state index contributed by atoms with van der Waals surface area (Å²) in [6.45, 7) is 0. The number of hydrogen-bond acceptors (Lipinski definition) is 3. The smallest absolute Gasteiger partial charge is 0.0745 e. The highest BCUT2D eigenvalue weighted by molar-refractivity contribution is 8.00. The molecule has 0 amide bonds. The van der Waals surface area contributed by atoms with Crippen LogP contribution >= 0.6 is 23.5 Å². The zero-order valence-corrected chi connectivity index (χ0v) is 22.7. The molecule has 184 valence electrons. The first-order chi connectivity index (χ1) is 19.3. The van der Waals surface area contributed by atoms with Crippen molar-refractivity contribution < 1.29 is 0 Å². The lowest BCUT2D eigenvalue weighted by Crippen LogP contribution is -2.36. The topological polar surface area (TPSA) is 12.9 Å². The molecule has 0 unspecified atom stereocenters. The van der Waals surface area contributed by atoms with Crippen LogP contribution in [-0.2, 0) is 5.41 Å². The first-order valence-corrected chi connectivity index (χ1v) is 14.8. The van der Waals surface area contributed by atoms with Gasteiger partial charge in [0.2, 0.25) is 0 Å². The molecule has 1 aromatic heterocycles. The number of nitrogens with zero attached hydrogens (tertiary/aromatic N) is 1. The largest absolute Gasteiger partial charge is 0.256 e. The van der Waals surface area contributed by atoms with Crippen LogP contribution in [0, 0.1) is 0 Å². The molecule has 3 heterocycles. The normalized spacial score (nSPS) is 14.2. The van der Waals surface area contributed by atoms with E-state index in [1.54, 1.807) is 0 Å². The molecule has 0 aliphatic carbocycles. The van der Waals surface area contributed by atoms with E-state index in [0.717, 1.165) is 11.3 Å². The van der Waals surface area contributed by atoms with Crippen molar-refractivity contribution >= 4 is 23.5 Å². The third-order valence-electron chi connectivity index (χ3n) is 7.86. The molecule has 0 saturated heterocycles. The van der Waals surface area contributed by atoms with Crippen LogP contribution in [0.2, 0.25) is 0 Å². The fourth-order valence-corrected chi connectivity index (χ4v) is 8.64. The van der Waals surface area contributed by atoms with Crippen LogP contribution in [0.1, 0.15) is 22.3 Å². The predicted octanol–water partition coefficient (Wildman–Crippen LogP) is 9.73. The van der Waals surface area contributed by atoms with Gasteiger partial charge in [0.25, 0.3) is 0 Å². The number of hydrogen-bond donors (Lipinski definition) is 0. The molecule has 39 heavy (non-hydrogen) atoms. The van der Waals surface area contributed by atoms with Crippen LogP contribution in [0.3, 0.4) is 0 Å². The minimum atomic E-state index is -0.397. The van der Waals surface area contributed by atoms with Crippen molar-refractivity contribution in [2.24, 2.45) is 0 Å². The van der Waals surface area contributed by atoms with Gasteiger partial charge in [-0.15, -0.1) is 0 Å². The molecule has 0 saturated carbocycles. The Balaban J connectivity index is 1.46. The highest BCUT2D eigenvalue weighted by atomic mass is 32.2. The maximum absolute atomic E-state index is 4.66. The Labute approximate surface area is 237 Å². The van der Waals surface area contributed by atoms with Crippen molar-refractivity contribution in [2.75, 3.05) is 0 Å². The first-order valence-electron chi connectivity index (χ1n) is 13.1. The summed E-state index contributed by atoms with van der Waals surface area (Å²) >= 11 is 3.77. The van der Waals surface area contributed by atoms with Crippen LogP contribution in [0.25, 0.3) is 22.4 Å². The van der Waals surface area contributed by atoms with Crippen LogP contribution in [0.5, 0.6) is 0 Å². The molecule has 8 rings (SSSR count). The Kier molecular flexibility index (Phi) is 5.29. The van der Waals surface area contributed by atoms with Gasteiger partial charge < -0.3 is 0 Å². The maximum Gasteiger partial charge on any atom is 0.0745 e. The summed E-state index contributed by atoms with van der Waals surface area (Å²) in [6.07, 6.45) is 1.87. The van der Waals surface area contributed by atoms with Gasteiger partial charge in [-0.3, -0.25) is 4.98 Å². The van der Waals surface area contributed by atoms with Crippen molar-refractivity contribution in [1.29, 1.82) is 0 Å². The Bertz CT molecular complexity index is 1720. The molecule has 1 spiro atoms. The molecule has 0 atom stereocenters. The van der Waals surface area contributed by atoms with E-state index in [0.29, 0.717) is 0 Å². The Morgan fingerprint density at radius 3 is 1.62 bits per heavy atom. The van der Waals surface area contributed by atoms with Crippen molar-refractivity contribution in [2.45, 2.75) is 25.0 Å². The van der Waals surface area contributed by atoms with Crippen molar-refractivity contribution in [3.05, 3.63) is 162 Å². The van der Waals surface area contributed by atoms with E-state index in [1.165, 1.54) is 53.0 Å². The molecule has 0 fully saturated rings. The average Bonchev–Trinajstić information content (AvgIpc) is 3.01. The van der Waals surface area contributed by atoms with Crippen LogP contribution in [0.15, 0.2) is 159 Å². The summed E-state index contributed by atoms with van der Waals surface area (Å²) in [7, 11) is 0.